The second-order valence-corrected chi connectivity index (χ2v) is 6.23. The predicted octanol–water partition coefficient (Wildman–Crippen LogP) is 4.73. The van der Waals surface area contributed by atoms with Crippen LogP contribution in [-0.4, -0.2) is 17.4 Å². The van der Waals surface area contributed by atoms with Crippen LogP contribution in [0.2, 0.25) is 5.02 Å². The van der Waals surface area contributed by atoms with Crippen molar-refractivity contribution in [3.05, 3.63) is 88.7 Å². The van der Waals surface area contributed by atoms with Crippen LogP contribution in [0, 0.1) is 11.6 Å². The molecule has 0 atom stereocenters. The standard InChI is InChI=1S/C20H16ClF2N3O/c21-14-4-1-3-13(11-14)9-10-24-20(27)18-8-7-15(12-25-18)26-19-16(22)5-2-6-17(19)23/h1-8,11-12,26H,9-10H2,(H,24,27). The number of hydrogen-bond donors (Lipinski definition) is 2. The molecule has 0 aliphatic rings. The summed E-state index contributed by atoms with van der Waals surface area (Å²) in [6, 6.07) is 14.0. The fourth-order valence-corrected chi connectivity index (χ4v) is 2.68. The summed E-state index contributed by atoms with van der Waals surface area (Å²) in [7, 11) is 0. The van der Waals surface area contributed by atoms with E-state index in [0.29, 0.717) is 23.7 Å². The number of nitrogens with one attached hydrogen (secondary N) is 2. The minimum absolute atomic E-state index is 0.209. The van der Waals surface area contributed by atoms with Crippen LogP contribution in [0.4, 0.5) is 20.2 Å². The fourth-order valence-electron chi connectivity index (χ4n) is 2.47. The zero-order valence-electron chi connectivity index (χ0n) is 14.2. The van der Waals surface area contributed by atoms with Gasteiger partial charge in [0.1, 0.15) is 23.0 Å². The summed E-state index contributed by atoms with van der Waals surface area (Å²) in [5.74, 6) is -1.75. The average Bonchev–Trinajstić information content (AvgIpc) is 2.65. The molecule has 0 unspecified atom stereocenters. The Morgan fingerprint density at radius 1 is 1.04 bits per heavy atom. The van der Waals surface area contributed by atoms with Gasteiger partial charge in [0.2, 0.25) is 0 Å². The second kappa shape index (κ2) is 8.60. The van der Waals surface area contributed by atoms with Crippen LogP contribution in [0.1, 0.15) is 16.1 Å². The number of anilines is 2. The topological polar surface area (TPSA) is 54.0 Å². The van der Waals surface area contributed by atoms with Crippen molar-refractivity contribution in [1.82, 2.24) is 10.3 Å². The van der Waals surface area contributed by atoms with Crippen LogP contribution in [0.15, 0.2) is 60.8 Å². The van der Waals surface area contributed by atoms with E-state index in [1.807, 2.05) is 18.2 Å². The lowest BCUT2D eigenvalue weighted by molar-refractivity contribution is 0.0949. The molecule has 2 aromatic carbocycles. The van der Waals surface area contributed by atoms with Gasteiger partial charge in [-0.3, -0.25) is 4.79 Å². The minimum Gasteiger partial charge on any atom is -0.350 e. The Kier molecular flexibility index (Phi) is 5.98. The van der Waals surface area contributed by atoms with Gasteiger partial charge in [-0.1, -0.05) is 29.8 Å². The van der Waals surface area contributed by atoms with Gasteiger partial charge in [-0.05, 0) is 48.4 Å². The molecule has 0 fully saturated rings. The number of para-hydroxylation sites is 1. The lowest BCUT2D eigenvalue weighted by Gasteiger charge is -2.09. The summed E-state index contributed by atoms with van der Waals surface area (Å²) in [6.07, 6.45) is 1.98. The molecule has 7 heteroatoms. The quantitative estimate of drug-likeness (QED) is 0.643. The molecule has 4 nitrogen and oxygen atoms in total. The third-order valence-electron chi connectivity index (χ3n) is 3.82. The van der Waals surface area contributed by atoms with Crippen molar-refractivity contribution >= 4 is 28.9 Å². The number of amides is 1. The van der Waals surface area contributed by atoms with Crippen LogP contribution in [0.5, 0.6) is 0 Å². The third-order valence-corrected chi connectivity index (χ3v) is 4.05. The Morgan fingerprint density at radius 2 is 1.78 bits per heavy atom. The van der Waals surface area contributed by atoms with Crippen molar-refractivity contribution in [3.8, 4) is 0 Å². The molecule has 1 heterocycles. The highest BCUT2D eigenvalue weighted by Gasteiger charge is 2.10. The third kappa shape index (κ3) is 5.01. The summed E-state index contributed by atoms with van der Waals surface area (Å²) in [6.45, 7) is 0.432. The minimum atomic E-state index is -0.710. The van der Waals surface area contributed by atoms with Gasteiger partial charge in [0, 0.05) is 11.6 Å². The Balaban J connectivity index is 1.57. The molecule has 3 aromatic rings. The first-order chi connectivity index (χ1) is 13.0. The molecule has 2 N–H and O–H groups in total. The first-order valence-electron chi connectivity index (χ1n) is 8.22. The SMILES string of the molecule is O=C(NCCc1cccc(Cl)c1)c1ccc(Nc2c(F)cccc2F)cn1. The van der Waals surface area contributed by atoms with E-state index in [0.717, 1.165) is 17.7 Å². The maximum atomic E-state index is 13.7. The molecular formula is C20H16ClF2N3O. The zero-order chi connectivity index (χ0) is 19.2. The van der Waals surface area contributed by atoms with Crippen molar-refractivity contribution in [1.29, 1.82) is 0 Å². The molecule has 0 spiro atoms. The molecule has 1 aromatic heterocycles. The Morgan fingerprint density at radius 3 is 2.44 bits per heavy atom. The van der Waals surface area contributed by atoms with Gasteiger partial charge in [0.15, 0.2) is 0 Å². The summed E-state index contributed by atoms with van der Waals surface area (Å²) in [5, 5.41) is 6.04. The molecular weight excluding hydrogens is 372 g/mol. The van der Waals surface area contributed by atoms with Gasteiger partial charge in [-0.2, -0.15) is 0 Å². The summed E-state index contributed by atoms with van der Waals surface area (Å²) in [5.41, 5.74) is 1.33. The van der Waals surface area contributed by atoms with Crippen molar-refractivity contribution in [3.63, 3.8) is 0 Å². The average molecular weight is 388 g/mol. The van der Waals surface area contributed by atoms with Gasteiger partial charge in [0.25, 0.3) is 5.91 Å². The molecule has 1 amide bonds. The van der Waals surface area contributed by atoms with Crippen LogP contribution in [0.25, 0.3) is 0 Å². The van der Waals surface area contributed by atoms with Crippen LogP contribution in [0.3, 0.4) is 0 Å². The lowest BCUT2D eigenvalue weighted by Crippen LogP contribution is -2.26. The predicted molar refractivity (Wildman–Crippen MR) is 101 cm³/mol. The van der Waals surface area contributed by atoms with E-state index >= 15 is 0 Å². The number of nitrogens with zero attached hydrogens (tertiary/aromatic N) is 1. The number of carbonyl (C=O) groups is 1. The highest BCUT2D eigenvalue weighted by Crippen LogP contribution is 2.22. The lowest BCUT2D eigenvalue weighted by atomic mass is 10.1. The van der Waals surface area contributed by atoms with E-state index in [2.05, 4.69) is 15.6 Å². The molecule has 0 aliphatic heterocycles. The van der Waals surface area contributed by atoms with Gasteiger partial charge < -0.3 is 10.6 Å². The van der Waals surface area contributed by atoms with Gasteiger partial charge in [0.05, 0.1) is 11.9 Å². The molecule has 138 valence electrons. The molecule has 0 radical (unpaired) electrons. The molecule has 27 heavy (non-hydrogen) atoms. The first kappa shape index (κ1) is 18.8. The first-order valence-corrected chi connectivity index (χ1v) is 8.60. The number of aromatic nitrogens is 1. The van der Waals surface area contributed by atoms with Crippen molar-refractivity contribution in [2.75, 3.05) is 11.9 Å². The van der Waals surface area contributed by atoms with Crippen molar-refractivity contribution in [2.45, 2.75) is 6.42 Å². The van der Waals surface area contributed by atoms with E-state index in [1.165, 1.54) is 24.4 Å². The highest BCUT2D eigenvalue weighted by molar-refractivity contribution is 6.30. The summed E-state index contributed by atoms with van der Waals surface area (Å²) >= 11 is 5.92. The van der Waals surface area contributed by atoms with Crippen LogP contribution in [-0.2, 0) is 6.42 Å². The summed E-state index contributed by atoms with van der Waals surface area (Å²) in [4.78, 5) is 16.2. The Labute approximate surface area is 160 Å². The van der Waals surface area contributed by atoms with Crippen molar-refractivity contribution in [2.24, 2.45) is 0 Å². The van der Waals surface area contributed by atoms with E-state index in [9.17, 15) is 13.6 Å². The largest absolute Gasteiger partial charge is 0.350 e. The zero-order valence-corrected chi connectivity index (χ0v) is 14.9. The number of benzene rings is 2. The molecule has 0 aliphatic carbocycles. The maximum absolute atomic E-state index is 13.7. The number of carbonyl (C=O) groups excluding carboxylic acids is 1. The van der Waals surface area contributed by atoms with Gasteiger partial charge in [-0.15, -0.1) is 0 Å². The number of rotatable bonds is 6. The van der Waals surface area contributed by atoms with E-state index in [-0.39, 0.29) is 17.3 Å². The van der Waals surface area contributed by atoms with Crippen LogP contribution >= 0.6 is 11.6 Å². The fraction of sp³-hybridized carbons (Fsp3) is 0.100. The van der Waals surface area contributed by atoms with Crippen molar-refractivity contribution < 1.29 is 13.6 Å². The Hall–Kier alpha value is -2.99. The Bertz CT molecular complexity index is 928. The monoisotopic (exact) mass is 387 g/mol. The molecule has 3 rings (SSSR count). The molecule has 0 bridgehead atoms. The van der Waals surface area contributed by atoms with Gasteiger partial charge in [-0.25, -0.2) is 13.8 Å². The van der Waals surface area contributed by atoms with E-state index < -0.39 is 11.6 Å². The molecule has 0 saturated carbocycles. The highest BCUT2D eigenvalue weighted by atomic mass is 35.5. The summed E-state index contributed by atoms with van der Waals surface area (Å²) < 4.78 is 27.3. The normalized spacial score (nSPS) is 10.5. The van der Waals surface area contributed by atoms with E-state index in [1.54, 1.807) is 6.07 Å². The maximum Gasteiger partial charge on any atom is 0.269 e. The number of halogens is 3. The van der Waals surface area contributed by atoms with Gasteiger partial charge >= 0.3 is 0 Å². The van der Waals surface area contributed by atoms with E-state index in [4.69, 9.17) is 11.6 Å². The number of hydrogen-bond acceptors (Lipinski definition) is 3. The molecule has 0 saturated heterocycles. The second-order valence-electron chi connectivity index (χ2n) is 5.79. The smallest absolute Gasteiger partial charge is 0.269 e. The van der Waals surface area contributed by atoms with Crippen LogP contribution < -0.4 is 10.6 Å². The number of pyridine rings is 1.